The smallest absolute Gasteiger partial charge is 0.113 e. The fourth-order valence-corrected chi connectivity index (χ4v) is 2.97. The Morgan fingerprint density at radius 1 is 1.45 bits per heavy atom. The minimum atomic E-state index is 0.147. The third kappa shape index (κ3) is 2.61. The minimum Gasteiger partial charge on any atom is -0.251 e. The van der Waals surface area contributed by atoms with E-state index < -0.39 is 0 Å². The highest BCUT2D eigenvalue weighted by molar-refractivity contribution is 9.10. The molecule has 1 aromatic heterocycles. The van der Waals surface area contributed by atoms with Crippen molar-refractivity contribution in [1.29, 1.82) is 5.26 Å². The van der Waals surface area contributed by atoms with Crippen LogP contribution < -0.4 is 0 Å². The minimum absolute atomic E-state index is 0.147. The molecule has 0 bridgehead atoms. The van der Waals surface area contributed by atoms with Crippen molar-refractivity contribution in [3.05, 3.63) is 34.4 Å². The van der Waals surface area contributed by atoms with Crippen LogP contribution in [0.15, 0.2) is 28.9 Å². The maximum Gasteiger partial charge on any atom is 0.113 e. The van der Waals surface area contributed by atoms with Gasteiger partial charge in [0.2, 0.25) is 0 Å². The molecule has 1 saturated carbocycles. The maximum absolute atomic E-state index is 8.87. The molecule has 3 rings (SSSR count). The average molecular weight is 331 g/mol. The molecule has 4 nitrogen and oxygen atoms in total. The van der Waals surface area contributed by atoms with Crippen molar-refractivity contribution >= 4 is 15.9 Å². The zero-order chi connectivity index (χ0) is 14.2. The number of aryl methyl sites for hydroxylation is 1. The van der Waals surface area contributed by atoms with Crippen molar-refractivity contribution in [2.45, 2.75) is 32.7 Å². The molecule has 1 heterocycles. The highest BCUT2D eigenvalue weighted by atomic mass is 79.9. The van der Waals surface area contributed by atoms with E-state index in [1.54, 1.807) is 0 Å². The number of hydrogen-bond acceptors (Lipinski definition) is 3. The summed E-state index contributed by atoms with van der Waals surface area (Å²) in [6.45, 7) is 2.86. The van der Waals surface area contributed by atoms with E-state index in [-0.39, 0.29) is 5.41 Å². The Kier molecular flexibility index (Phi) is 3.35. The van der Waals surface area contributed by atoms with Crippen LogP contribution in [0, 0.1) is 23.7 Å². The molecule has 1 aliphatic carbocycles. The number of hydrogen-bond donors (Lipinski definition) is 0. The van der Waals surface area contributed by atoms with Crippen LogP contribution in [0.4, 0.5) is 0 Å². The lowest BCUT2D eigenvalue weighted by Gasteiger charge is -2.09. The third-order valence-corrected chi connectivity index (χ3v) is 4.40. The predicted octanol–water partition coefficient (Wildman–Crippen LogP) is 3.71. The van der Waals surface area contributed by atoms with Gasteiger partial charge in [-0.3, -0.25) is 4.68 Å². The number of rotatable bonds is 4. The Morgan fingerprint density at radius 2 is 2.25 bits per heavy atom. The molecule has 1 fully saturated rings. The first-order chi connectivity index (χ1) is 9.62. The molecule has 0 spiro atoms. The fourth-order valence-electron chi connectivity index (χ4n) is 2.49. The summed E-state index contributed by atoms with van der Waals surface area (Å²) in [7, 11) is 0. The first-order valence-corrected chi connectivity index (χ1v) is 7.45. The molecular weight excluding hydrogens is 316 g/mol. The summed E-state index contributed by atoms with van der Waals surface area (Å²) in [5.41, 5.74) is 3.31. The summed E-state index contributed by atoms with van der Waals surface area (Å²) in [5, 5.41) is 17.3. The van der Waals surface area contributed by atoms with Gasteiger partial charge in [0.05, 0.1) is 12.3 Å². The summed E-state index contributed by atoms with van der Waals surface area (Å²) in [5.74, 6) is 0. The van der Waals surface area contributed by atoms with Crippen molar-refractivity contribution in [1.82, 2.24) is 15.0 Å². The summed E-state index contributed by atoms with van der Waals surface area (Å²) in [6.07, 6.45) is 4.83. The van der Waals surface area contributed by atoms with Gasteiger partial charge in [0.15, 0.2) is 0 Å². The van der Waals surface area contributed by atoms with Crippen LogP contribution in [-0.4, -0.2) is 15.0 Å². The number of nitriles is 1. The van der Waals surface area contributed by atoms with E-state index in [1.165, 1.54) is 5.56 Å². The van der Waals surface area contributed by atoms with Crippen LogP contribution in [0.5, 0.6) is 0 Å². The maximum atomic E-state index is 8.87. The highest BCUT2D eigenvalue weighted by Gasteiger charge is 2.43. The van der Waals surface area contributed by atoms with Gasteiger partial charge in [-0.1, -0.05) is 27.2 Å². The van der Waals surface area contributed by atoms with Crippen LogP contribution in [0.25, 0.3) is 11.3 Å². The molecule has 20 heavy (non-hydrogen) atoms. The van der Waals surface area contributed by atoms with Crippen molar-refractivity contribution < 1.29 is 0 Å². The van der Waals surface area contributed by atoms with E-state index in [9.17, 15) is 0 Å². The fraction of sp³-hybridized carbons (Fsp3) is 0.400. The molecule has 0 saturated heterocycles. The monoisotopic (exact) mass is 330 g/mol. The molecule has 2 aromatic rings. The summed E-state index contributed by atoms with van der Waals surface area (Å²) in [4.78, 5) is 0. The van der Waals surface area contributed by atoms with Crippen LogP contribution >= 0.6 is 15.9 Å². The van der Waals surface area contributed by atoms with E-state index >= 15 is 0 Å². The Morgan fingerprint density at radius 3 is 2.90 bits per heavy atom. The Bertz CT molecular complexity index is 679. The van der Waals surface area contributed by atoms with Crippen molar-refractivity contribution in [2.24, 2.45) is 5.41 Å². The lowest BCUT2D eigenvalue weighted by atomic mass is 10.0. The quantitative estimate of drug-likeness (QED) is 0.858. The molecule has 0 atom stereocenters. The van der Waals surface area contributed by atoms with Gasteiger partial charge in [-0.15, -0.1) is 5.10 Å². The molecule has 0 unspecified atom stereocenters. The van der Waals surface area contributed by atoms with Gasteiger partial charge in [0, 0.05) is 28.4 Å². The van der Waals surface area contributed by atoms with Gasteiger partial charge >= 0.3 is 0 Å². The van der Waals surface area contributed by atoms with E-state index in [0.29, 0.717) is 6.42 Å². The first-order valence-electron chi connectivity index (χ1n) is 6.66. The van der Waals surface area contributed by atoms with Crippen LogP contribution in [0.2, 0.25) is 0 Å². The van der Waals surface area contributed by atoms with E-state index in [2.05, 4.69) is 51.4 Å². The van der Waals surface area contributed by atoms with E-state index in [1.807, 2.05) is 16.9 Å². The third-order valence-electron chi connectivity index (χ3n) is 3.91. The topological polar surface area (TPSA) is 54.5 Å². The largest absolute Gasteiger partial charge is 0.251 e. The number of aromatic nitrogens is 3. The summed E-state index contributed by atoms with van der Waals surface area (Å²) >= 11 is 3.47. The van der Waals surface area contributed by atoms with Crippen LogP contribution in [0.1, 0.15) is 24.8 Å². The number of benzene rings is 1. The van der Waals surface area contributed by atoms with Crippen LogP contribution in [-0.2, 0) is 6.54 Å². The summed E-state index contributed by atoms with van der Waals surface area (Å²) in [6, 6.07) is 8.42. The predicted molar refractivity (Wildman–Crippen MR) is 79.8 cm³/mol. The van der Waals surface area contributed by atoms with Crippen molar-refractivity contribution in [3.8, 4) is 17.3 Å². The lowest BCUT2D eigenvalue weighted by Crippen LogP contribution is -2.11. The van der Waals surface area contributed by atoms with Crippen molar-refractivity contribution in [3.63, 3.8) is 0 Å². The zero-order valence-corrected chi connectivity index (χ0v) is 12.9. The van der Waals surface area contributed by atoms with Crippen LogP contribution in [0.3, 0.4) is 0 Å². The Balaban J connectivity index is 1.82. The second kappa shape index (κ2) is 5.02. The second-order valence-corrected chi connectivity index (χ2v) is 6.51. The first kappa shape index (κ1) is 13.3. The molecule has 1 aromatic carbocycles. The van der Waals surface area contributed by atoms with Gasteiger partial charge in [-0.25, -0.2) is 0 Å². The molecular formula is C15H15BrN4. The number of nitrogens with zero attached hydrogens (tertiary/aromatic N) is 4. The molecule has 0 radical (unpaired) electrons. The van der Waals surface area contributed by atoms with Gasteiger partial charge < -0.3 is 0 Å². The zero-order valence-electron chi connectivity index (χ0n) is 11.3. The molecule has 0 N–H and O–H groups in total. The normalized spacial score (nSPS) is 15.8. The molecule has 1 aliphatic rings. The number of halogens is 1. The second-order valence-electron chi connectivity index (χ2n) is 5.60. The molecule has 102 valence electrons. The summed E-state index contributed by atoms with van der Waals surface area (Å²) < 4.78 is 2.94. The molecule has 0 aliphatic heterocycles. The SMILES string of the molecule is Cc1cc(Br)ccc1-c1cn(CC2(CC#N)CC2)nn1. The standard InChI is InChI=1S/C15H15BrN4/c1-11-8-12(16)2-3-13(11)14-9-20(19-18-14)10-15(4-5-15)6-7-17/h2-3,8-9H,4-6,10H2,1H3. The van der Waals surface area contributed by atoms with E-state index in [0.717, 1.165) is 35.1 Å². The Hall–Kier alpha value is -1.67. The molecule has 0 amide bonds. The van der Waals surface area contributed by atoms with E-state index in [4.69, 9.17) is 5.26 Å². The Labute approximate surface area is 126 Å². The molecule has 5 heteroatoms. The van der Waals surface area contributed by atoms with Gasteiger partial charge in [0.25, 0.3) is 0 Å². The van der Waals surface area contributed by atoms with Gasteiger partial charge in [-0.05, 0) is 37.5 Å². The lowest BCUT2D eigenvalue weighted by molar-refractivity contribution is 0.398. The van der Waals surface area contributed by atoms with Gasteiger partial charge in [0.1, 0.15) is 5.69 Å². The average Bonchev–Trinajstić information content (AvgIpc) is 2.98. The van der Waals surface area contributed by atoms with Crippen molar-refractivity contribution in [2.75, 3.05) is 0 Å². The van der Waals surface area contributed by atoms with Gasteiger partial charge in [-0.2, -0.15) is 5.26 Å². The highest BCUT2D eigenvalue weighted by Crippen LogP contribution is 2.49.